The van der Waals surface area contributed by atoms with E-state index in [-0.39, 0.29) is 5.56 Å². The minimum atomic E-state index is -0.970. The van der Waals surface area contributed by atoms with Crippen molar-refractivity contribution in [3.05, 3.63) is 24.0 Å². The molecule has 0 unspecified atom stereocenters. The van der Waals surface area contributed by atoms with E-state index in [0.717, 1.165) is 0 Å². The van der Waals surface area contributed by atoms with Crippen molar-refractivity contribution in [1.29, 1.82) is 0 Å². The minimum Gasteiger partial charge on any atom is -0.478 e. The number of hydrogen-bond acceptors (Lipinski definition) is 3. The number of rotatable bonds is 3. The highest BCUT2D eigenvalue weighted by atomic mass is 16.4. The summed E-state index contributed by atoms with van der Waals surface area (Å²) in [5, 5.41) is 12.4. The maximum absolute atomic E-state index is 10.4. The van der Waals surface area contributed by atoms with E-state index >= 15 is 0 Å². The average molecular weight is 168 g/mol. The Kier molecular flexibility index (Phi) is 2.71. The molecule has 1 aromatic rings. The van der Waals surface area contributed by atoms with Crippen LogP contribution in [0.15, 0.2) is 18.5 Å². The molecule has 0 aromatic carbocycles. The molecule has 0 atom stereocenters. The monoisotopic (exact) mass is 168 g/mol. The van der Waals surface area contributed by atoms with E-state index < -0.39 is 5.97 Å². The smallest absolute Gasteiger partial charge is 0.337 e. The molecule has 12 heavy (non-hydrogen) atoms. The highest BCUT2D eigenvalue weighted by Crippen LogP contribution is 1.90. The third kappa shape index (κ3) is 2.00. The van der Waals surface area contributed by atoms with E-state index in [1.165, 1.54) is 12.3 Å². The number of nitrogens with zero attached hydrogens (tertiary/aromatic N) is 2. The zero-order valence-corrected chi connectivity index (χ0v) is 6.47. The summed E-state index contributed by atoms with van der Waals surface area (Å²) < 4.78 is 1.59. The lowest BCUT2D eigenvalue weighted by Crippen LogP contribution is -2.40. The summed E-state index contributed by atoms with van der Waals surface area (Å²) in [6, 6.07) is 1.49. The largest absolute Gasteiger partial charge is 0.478 e. The molecule has 5 heteroatoms. The minimum absolute atomic E-state index is 0.184. The number of aromatic nitrogens is 2. The Morgan fingerprint density at radius 2 is 2.50 bits per heavy atom. The number of hydrogen-bond donors (Lipinski definition) is 2. The van der Waals surface area contributed by atoms with Crippen molar-refractivity contribution < 1.29 is 14.6 Å². The Balaban J connectivity index is 2.78. The quantitative estimate of drug-likeness (QED) is 0.569. The van der Waals surface area contributed by atoms with E-state index in [2.05, 4.69) is 5.10 Å². The van der Waals surface area contributed by atoms with Crippen LogP contribution in [0.5, 0.6) is 0 Å². The highest BCUT2D eigenvalue weighted by Gasteiger charge is 2.06. The fraction of sp³-hybridized carbons (Fsp3) is 0.286. The molecule has 1 heterocycles. The maximum atomic E-state index is 10.4. The number of carboxylic acids is 1. The van der Waals surface area contributed by atoms with Gasteiger partial charge in [-0.2, -0.15) is 0 Å². The number of nitrogens with two attached hydrogens (primary N) is 1. The molecule has 0 aliphatic carbocycles. The van der Waals surface area contributed by atoms with Crippen molar-refractivity contribution in [3.8, 4) is 0 Å². The van der Waals surface area contributed by atoms with Crippen molar-refractivity contribution in [1.82, 2.24) is 5.10 Å². The average Bonchev–Trinajstić information content (AvgIpc) is 2.06. The first-order chi connectivity index (χ1) is 5.74. The number of carbonyl (C=O) groups is 1. The molecule has 0 spiro atoms. The predicted molar refractivity (Wildman–Crippen MR) is 40.4 cm³/mol. The first kappa shape index (κ1) is 8.61. The van der Waals surface area contributed by atoms with Crippen LogP contribution in [0.1, 0.15) is 10.4 Å². The topological polar surface area (TPSA) is 80.1 Å². The lowest BCUT2D eigenvalue weighted by molar-refractivity contribution is -0.751. The van der Waals surface area contributed by atoms with E-state index in [4.69, 9.17) is 10.8 Å². The van der Waals surface area contributed by atoms with Gasteiger partial charge in [0.2, 0.25) is 0 Å². The van der Waals surface area contributed by atoms with Crippen LogP contribution in [0.2, 0.25) is 0 Å². The Hall–Kier alpha value is -1.49. The Morgan fingerprint density at radius 3 is 2.92 bits per heavy atom. The SMILES string of the molecule is NCC[n+]1ccc(C(=O)O)cn1. The molecular weight excluding hydrogens is 158 g/mol. The number of aromatic carboxylic acids is 1. The molecule has 0 aliphatic rings. The third-order valence-electron chi connectivity index (χ3n) is 1.38. The molecule has 3 N–H and O–H groups in total. The molecule has 64 valence electrons. The summed E-state index contributed by atoms with van der Waals surface area (Å²) in [5.41, 5.74) is 5.46. The Bertz CT molecular complexity index is 270. The summed E-state index contributed by atoms with van der Waals surface area (Å²) in [5.74, 6) is -0.970. The van der Waals surface area contributed by atoms with Crippen LogP contribution in [0.4, 0.5) is 0 Å². The predicted octanol–water partition coefficient (Wildman–Crippen LogP) is -0.974. The van der Waals surface area contributed by atoms with Gasteiger partial charge in [0, 0.05) is 6.07 Å². The zero-order valence-electron chi connectivity index (χ0n) is 6.47. The van der Waals surface area contributed by atoms with E-state index in [0.29, 0.717) is 13.1 Å². The normalized spacial score (nSPS) is 9.75. The van der Waals surface area contributed by atoms with Crippen LogP contribution >= 0.6 is 0 Å². The molecule has 0 amide bonds. The molecule has 0 saturated carbocycles. The summed E-state index contributed by atoms with van der Waals surface area (Å²) in [7, 11) is 0. The van der Waals surface area contributed by atoms with Crippen LogP contribution < -0.4 is 10.4 Å². The molecule has 1 rings (SSSR count). The summed E-state index contributed by atoms with van der Waals surface area (Å²) in [6.45, 7) is 1.09. The van der Waals surface area contributed by atoms with Gasteiger partial charge in [-0.05, 0) is 5.10 Å². The molecule has 1 aromatic heterocycles. The van der Waals surface area contributed by atoms with Crippen LogP contribution in [-0.2, 0) is 6.54 Å². The van der Waals surface area contributed by atoms with Crippen LogP contribution in [-0.4, -0.2) is 22.7 Å². The van der Waals surface area contributed by atoms with Gasteiger partial charge in [0.15, 0.2) is 12.7 Å². The fourth-order valence-corrected chi connectivity index (χ4v) is 0.775. The molecule has 0 saturated heterocycles. The lowest BCUT2D eigenvalue weighted by atomic mass is 10.3. The first-order valence-corrected chi connectivity index (χ1v) is 3.53. The zero-order chi connectivity index (χ0) is 8.97. The second kappa shape index (κ2) is 3.77. The van der Waals surface area contributed by atoms with Gasteiger partial charge in [-0.1, -0.05) is 4.68 Å². The van der Waals surface area contributed by atoms with Gasteiger partial charge in [0.05, 0.1) is 12.1 Å². The second-order valence-electron chi connectivity index (χ2n) is 2.27. The van der Waals surface area contributed by atoms with Gasteiger partial charge in [0.1, 0.15) is 6.20 Å². The third-order valence-corrected chi connectivity index (χ3v) is 1.38. The number of carboxylic acid groups (broad SMARTS) is 1. The molecule has 0 fully saturated rings. The van der Waals surface area contributed by atoms with Crippen molar-refractivity contribution in [2.24, 2.45) is 5.73 Å². The van der Waals surface area contributed by atoms with E-state index in [9.17, 15) is 4.79 Å². The summed E-state index contributed by atoms with van der Waals surface area (Å²) >= 11 is 0. The van der Waals surface area contributed by atoms with Gasteiger partial charge in [-0.25, -0.2) is 4.79 Å². The molecular formula is C7H10N3O2+. The molecule has 0 aliphatic heterocycles. The van der Waals surface area contributed by atoms with E-state index in [1.54, 1.807) is 10.9 Å². The second-order valence-corrected chi connectivity index (χ2v) is 2.27. The molecule has 0 radical (unpaired) electrons. The van der Waals surface area contributed by atoms with Gasteiger partial charge in [-0.3, -0.25) is 0 Å². The van der Waals surface area contributed by atoms with Gasteiger partial charge in [0.25, 0.3) is 0 Å². The van der Waals surface area contributed by atoms with Crippen molar-refractivity contribution in [3.63, 3.8) is 0 Å². The molecule has 0 bridgehead atoms. The standard InChI is InChI=1S/C7H9N3O2/c8-2-4-10-3-1-6(5-9-10)7(11)12/h1,3,5H,2,4,8H2/p+1. The molecule has 5 nitrogen and oxygen atoms in total. The Labute approximate surface area is 69.4 Å². The summed E-state index contributed by atoms with van der Waals surface area (Å²) in [4.78, 5) is 10.4. The fourth-order valence-electron chi connectivity index (χ4n) is 0.775. The van der Waals surface area contributed by atoms with Crippen molar-refractivity contribution in [2.75, 3.05) is 6.54 Å². The van der Waals surface area contributed by atoms with Crippen molar-refractivity contribution >= 4 is 5.97 Å². The summed E-state index contributed by atoms with van der Waals surface area (Å²) in [6.07, 6.45) is 2.90. The van der Waals surface area contributed by atoms with Gasteiger partial charge >= 0.3 is 5.97 Å². The highest BCUT2D eigenvalue weighted by molar-refractivity contribution is 5.86. The van der Waals surface area contributed by atoms with Crippen LogP contribution in [0.3, 0.4) is 0 Å². The van der Waals surface area contributed by atoms with Gasteiger partial charge in [-0.15, -0.1) is 0 Å². The lowest BCUT2D eigenvalue weighted by Gasteiger charge is -1.91. The first-order valence-electron chi connectivity index (χ1n) is 3.53. The van der Waals surface area contributed by atoms with Crippen LogP contribution in [0, 0.1) is 0 Å². The maximum Gasteiger partial charge on any atom is 0.337 e. The van der Waals surface area contributed by atoms with E-state index in [1.807, 2.05) is 0 Å². The van der Waals surface area contributed by atoms with Gasteiger partial charge < -0.3 is 10.8 Å². The van der Waals surface area contributed by atoms with Crippen LogP contribution in [0.25, 0.3) is 0 Å². The van der Waals surface area contributed by atoms with Crippen molar-refractivity contribution in [2.45, 2.75) is 6.54 Å². The Morgan fingerprint density at radius 1 is 1.75 bits per heavy atom.